The van der Waals surface area contributed by atoms with Crippen LogP contribution in [0.15, 0.2) is 60.8 Å². The maximum absolute atomic E-state index is 12.4. The van der Waals surface area contributed by atoms with E-state index < -0.39 is 0 Å². The van der Waals surface area contributed by atoms with E-state index in [-0.39, 0.29) is 12.0 Å². The second-order valence-electron chi connectivity index (χ2n) is 6.12. The Balaban J connectivity index is 1.60. The Kier molecular flexibility index (Phi) is 6.28. The van der Waals surface area contributed by atoms with Gasteiger partial charge in [0.05, 0.1) is 6.61 Å². The van der Waals surface area contributed by atoms with Crippen LogP contribution in [-0.4, -0.2) is 36.7 Å². The van der Waals surface area contributed by atoms with Gasteiger partial charge in [0, 0.05) is 42.3 Å². The number of anilines is 1. The Morgan fingerprint density at radius 2 is 1.85 bits per heavy atom. The number of ether oxygens (including phenoxy) is 1. The highest BCUT2D eigenvalue weighted by Crippen LogP contribution is 2.19. The number of carbonyl (C=O) groups is 1. The minimum Gasteiger partial charge on any atom is -0.465 e. The van der Waals surface area contributed by atoms with Gasteiger partial charge in [0.25, 0.3) is 0 Å². The van der Waals surface area contributed by atoms with Gasteiger partial charge in [-0.05, 0) is 30.7 Å². The van der Waals surface area contributed by atoms with Crippen molar-refractivity contribution < 1.29 is 9.53 Å². The lowest BCUT2D eigenvalue weighted by Crippen LogP contribution is -2.42. The van der Waals surface area contributed by atoms with Crippen LogP contribution in [0, 0.1) is 0 Å². The van der Waals surface area contributed by atoms with Crippen molar-refractivity contribution >= 4 is 22.6 Å². The molecule has 1 atom stereocenters. The highest BCUT2D eigenvalue weighted by Gasteiger charge is 2.21. The molecule has 0 amide bonds. The molecule has 3 aromatic rings. The molecule has 0 aliphatic rings. The first-order valence-corrected chi connectivity index (χ1v) is 9.02. The lowest BCUT2D eigenvalue weighted by molar-refractivity contribution is -0.145. The normalized spacial score (nSPS) is 12.0. The first-order chi connectivity index (χ1) is 12.8. The molecule has 0 aliphatic heterocycles. The largest absolute Gasteiger partial charge is 0.465 e. The maximum atomic E-state index is 12.4. The van der Waals surface area contributed by atoms with Gasteiger partial charge >= 0.3 is 5.97 Å². The molecule has 1 heterocycles. The predicted molar refractivity (Wildman–Crippen MR) is 105 cm³/mol. The molecule has 0 fully saturated rings. The van der Waals surface area contributed by atoms with Gasteiger partial charge in [-0.3, -0.25) is 4.79 Å². The quantitative estimate of drug-likeness (QED) is 0.409. The van der Waals surface area contributed by atoms with Gasteiger partial charge in [-0.2, -0.15) is 0 Å². The number of hydrogen-bond donors (Lipinski definition) is 3. The first-order valence-electron chi connectivity index (χ1n) is 9.02. The van der Waals surface area contributed by atoms with Crippen LogP contribution in [0.25, 0.3) is 10.9 Å². The number of aromatic amines is 1. The molecule has 5 heteroatoms. The van der Waals surface area contributed by atoms with Gasteiger partial charge in [-0.25, -0.2) is 0 Å². The van der Waals surface area contributed by atoms with Crippen LogP contribution in [-0.2, 0) is 16.0 Å². The summed E-state index contributed by atoms with van der Waals surface area (Å²) in [5.74, 6) is -0.211. The van der Waals surface area contributed by atoms with E-state index in [1.54, 1.807) is 0 Å². The van der Waals surface area contributed by atoms with E-state index in [1.165, 1.54) is 0 Å². The highest BCUT2D eigenvalue weighted by atomic mass is 16.5. The summed E-state index contributed by atoms with van der Waals surface area (Å²) in [6.45, 7) is 3.61. The molecule has 0 spiro atoms. The molecule has 0 saturated heterocycles. The molecular formula is C21H25N3O2. The Bertz CT molecular complexity index is 829. The Morgan fingerprint density at radius 1 is 1.08 bits per heavy atom. The number of benzene rings is 2. The zero-order chi connectivity index (χ0) is 18.2. The van der Waals surface area contributed by atoms with Crippen molar-refractivity contribution in [3.63, 3.8) is 0 Å². The van der Waals surface area contributed by atoms with E-state index in [0.717, 1.165) is 28.7 Å². The summed E-state index contributed by atoms with van der Waals surface area (Å²) >= 11 is 0. The summed E-state index contributed by atoms with van der Waals surface area (Å²) in [5, 5.41) is 7.81. The van der Waals surface area contributed by atoms with E-state index in [9.17, 15) is 4.79 Å². The summed E-state index contributed by atoms with van der Waals surface area (Å²) in [4.78, 5) is 15.6. The molecule has 2 aromatic carbocycles. The highest BCUT2D eigenvalue weighted by molar-refractivity contribution is 5.84. The number of hydrogen-bond acceptors (Lipinski definition) is 4. The molecule has 3 N–H and O–H groups in total. The molecule has 136 valence electrons. The van der Waals surface area contributed by atoms with E-state index in [0.29, 0.717) is 19.6 Å². The van der Waals surface area contributed by atoms with Crippen molar-refractivity contribution in [2.45, 2.75) is 19.4 Å². The summed E-state index contributed by atoms with van der Waals surface area (Å²) < 4.78 is 5.25. The van der Waals surface area contributed by atoms with Gasteiger partial charge in [-0.15, -0.1) is 0 Å². The lowest BCUT2D eigenvalue weighted by Gasteiger charge is -2.17. The van der Waals surface area contributed by atoms with Gasteiger partial charge < -0.3 is 20.4 Å². The molecule has 1 aromatic heterocycles. The molecule has 0 saturated carbocycles. The number of fused-ring (bicyclic) bond motifs is 1. The smallest absolute Gasteiger partial charge is 0.323 e. The number of nitrogens with one attached hydrogen (secondary N) is 3. The van der Waals surface area contributed by atoms with Crippen LogP contribution < -0.4 is 10.6 Å². The van der Waals surface area contributed by atoms with Crippen LogP contribution in [0.3, 0.4) is 0 Å². The Morgan fingerprint density at radius 3 is 2.65 bits per heavy atom. The SMILES string of the molecule is CCOC(=O)C(Cc1c[nH]c2ccccc12)NCCNc1ccccc1. The van der Waals surface area contributed by atoms with Crippen molar-refractivity contribution in [3.8, 4) is 0 Å². The fourth-order valence-electron chi connectivity index (χ4n) is 3.01. The number of rotatable bonds is 9. The predicted octanol–water partition coefficient (Wildman–Crippen LogP) is 3.34. The van der Waals surface area contributed by atoms with Gasteiger partial charge in [0.15, 0.2) is 0 Å². The van der Waals surface area contributed by atoms with Crippen LogP contribution in [0.2, 0.25) is 0 Å². The number of esters is 1. The molecule has 0 radical (unpaired) electrons. The number of para-hydroxylation sites is 2. The minimum absolute atomic E-state index is 0.211. The number of carbonyl (C=O) groups excluding carboxylic acids is 1. The Labute approximate surface area is 153 Å². The monoisotopic (exact) mass is 351 g/mol. The zero-order valence-corrected chi connectivity index (χ0v) is 15.0. The van der Waals surface area contributed by atoms with E-state index in [2.05, 4.69) is 21.7 Å². The van der Waals surface area contributed by atoms with E-state index >= 15 is 0 Å². The molecule has 0 bridgehead atoms. The maximum Gasteiger partial charge on any atom is 0.323 e. The number of aromatic nitrogens is 1. The lowest BCUT2D eigenvalue weighted by atomic mass is 10.0. The topological polar surface area (TPSA) is 66.2 Å². The van der Waals surface area contributed by atoms with Crippen LogP contribution in [0.5, 0.6) is 0 Å². The molecular weight excluding hydrogens is 326 g/mol. The number of H-pyrrole nitrogens is 1. The summed E-state index contributed by atoms with van der Waals surface area (Å²) in [6, 6.07) is 17.8. The van der Waals surface area contributed by atoms with Crippen LogP contribution >= 0.6 is 0 Å². The third-order valence-electron chi connectivity index (χ3n) is 4.29. The van der Waals surface area contributed by atoms with Crippen molar-refractivity contribution in [1.82, 2.24) is 10.3 Å². The molecule has 3 rings (SSSR count). The van der Waals surface area contributed by atoms with E-state index in [1.807, 2.05) is 61.7 Å². The fraction of sp³-hybridized carbons (Fsp3) is 0.286. The molecule has 26 heavy (non-hydrogen) atoms. The van der Waals surface area contributed by atoms with Crippen LogP contribution in [0.1, 0.15) is 12.5 Å². The summed E-state index contributed by atoms with van der Waals surface area (Å²) in [7, 11) is 0. The van der Waals surface area contributed by atoms with Crippen LogP contribution in [0.4, 0.5) is 5.69 Å². The summed E-state index contributed by atoms with van der Waals surface area (Å²) in [5.41, 5.74) is 3.26. The zero-order valence-electron chi connectivity index (χ0n) is 15.0. The molecule has 5 nitrogen and oxygen atoms in total. The third kappa shape index (κ3) is 4.64. The third-order valence-corrected chi connectivity index (χ3v) is 4.29. The standard InChI is InChI=1S/C21H25N3O2/c1-2-26-21(25)20(23-13-12-22-17-8-4-3-5-9-17)14-16-15-24-19-11-7-6-10-18(16)19/h3-11,15,20,22-24H,2,12-14H2,1H3. The second kappa shape index (κ2) is 9.06. The minimum atomic E-state index is -0.369. The molecule has 1 unspecified atom stereocenters. The van der Waals surface area contributed by atoms with Crippen molar-refractivity contribution in [1.29, 1.82) is 0 Å². The average molecular weight is 351 g/mol. The van der Waals surface area contributed by atoms with Gasteiger partial charge in [0.2, 0.25) is 0 Å². The average Bonchev–Trinajstić information content (AvgIpc) is 3.08. The fourth-order valence-corrected chi connectivity index (χ4v) is 3.01. The van der Waals surface area contributed by atoms with Gasteiger partial charge in [0.1, 0.15) is 6.04 Å². The Hall–Kier alpha value is -2.79. The first kappa shape index (κ1) is 18.0. The van der Waals surface area contributed by atoms with Crippen molar-refractivity contribution in [3.05, 3.63) is 66.4 Å². The van der Waals surface area contributed by atoms with E-state index in [4.69, 9.17) is 4.74 Å². The van der Waals surface area contributed by atoms with Gasteiger partial charge in [-0.1, -0.05) is 36.4 Å². The second-order valence-corrected chi connectivity index (χ2v) is 6.12. The summed E-state index contributed by atoms with van der Waals surface area (Å²) in [6.07, 6.45) is 2.56. The van der Waals surface area contributed by atoms with Crippen molar-refractivity contribution in [2.75, 3.05) is 25.0 Å². The molecule has 0 aliphatic carbocycles. The van der Waals surface area contributed by atoms with Crippen molar-refractivity contribution in [2.24, 2.45) is 0 Å².